The molecule has 1 unspecified atom stereocenters. The van der Waals surface area contributed by atoms with Gasteiger partial charge in [0.25, 0.3) is 0 Å². The Hall–Kier alpha value is -0.770. The van der Waals surface area contributed by atoms with E-state index in [0.29, 0.717) is 6.04 Å². The highest BCUT2D eigenvalue weighted by Gasteiger charge is 2.30. The minimum absolute atomic E-state index is 0.195. The van der Waals surface area contributed by atoms with Crippen molar-refractivity contribution in [3.05, 3.63) is 0 Å². The highest BCUT2D eigenvalue weighted by Crippen LogP contribution is 2.27. The Morgan fingerprint density at radius 3 is 2.53 bits per heavy atom. The number of likely N-dealkylation sites (N-methyl/N-ethyl adjacent to an activating group) is 2. The number of hydrogen-bond donors (Lipinski definition) is 1. The third-order valence-corrected chi connectivity index (χ3v) is 4.31. The zero-order valence-electron chi connectivity index (χ0n) is 11.1. The fraction of sp³-hybridized carbons (Fsp3) is 0.923. The normalized spacial score (nSPS) is 24.5. The molecule has 2 fully saturated rings. The lowest BCUT2D eigenvalue weighted by Crippen LogP contribution is -2.45. The number of amides is 2. The lowest BCUT2D eigenvalue weighted by atomic mass is 9.84. The van der Waals surface area contributed by atoms with Crippen molar-refractivity contribution in [2.24, 2.45) is 5.92 Å². The van der Waals surface area contributed by atoms with Crippen LogP contribution in [0.2, 0.25) is 0 Å². The molecule has 1 N–H and O–H groups in total. The summed E-state index contributed by atoms with van der Waals surface area (Å²) in [5, 5.41) is 3.42. The number of rotatable bonds is 4. The van der Waals surface area contributed by atoms with Gasteiger partial charge in [-0.2, -0.15) is 0 Å². The lowest BCUT2D eigenvalue weighted by Gasteiger charge is -2.32. The van der Waals surface area contributed by atoms with Crippen LogP contribution in [0.4, 0.5) is 4.79 Å². The predicted octanol–water partition coefficient (Wildman–Crippen LogP) is 1.52. The minimum Gasteiger partial charge on any atom is -0.326 e. The van der Waals surface area contributed by atoms with E-state index in [-0.39, 0.29) is 6.03 Å². The van der Waals surface area contributed by atoms with Crippen molar-refractivity contribution in [2.75, 3.05) is 33.7 Å². The van der Waals surface area contributed by atoms with Crippen molar-refractivity contribution in [2.45, 2.75) is 38.1 Å². The van der Waals surface area contributed by atoms with Crippen LogP contribution in [0.1, 0.15) is 32.1 Å². The molecule has 2 amide bonds. The quantitative estimate of drug-likeness (QED) is 0.807. The Labute approximate surface area is 104 Å². The monoisotopic (exact) mass is 239 g/mol. The van der Waals surface area contributed by atoms with Crippen LogP contribution in [0.25, 0.3) is 0 Å². The molecule has 1 atom stereocenters. The van der Waals surface area contributed by atoms with Gasteiger partial charge in [-0.15, -0.1) is 0 Å². The lowest BCUT2D eigenvalue weighted by molar-refractivity contribution is 0.181. The Balaban J connectivity index is 1.88. The number of hydrogen-bond acceptors (Lipinski definition) is 2. The van der Waals surface area contributed by atoms with Gasteiger partial charge in [-0.3, -0.25) is 0 Å². The summed E-state index contributed by atoms with van der Waals surface area (Å²) in [7, 11) is 3.92. The third kappa shape index (κ3) is 2.92. The first-order valence-electron chi connectivity index (χ1n) is 6.89. The molecule has 0 bridgehead atoms. The van der Waals surface area contributed by atoms with Crippen molar-refractivity contribution < 1.29 is 4.79 Å². The summed E-state index contributed by atoms with van der Waals surface area (Å²) in [4.78, 5) is 15.7. The van der Waals surface area contributed by atoms with Crippen LogP contribution in [-0.2, 0) is 0 Å². The molecular weight excluding hydrogens is 214 g/mol. The van der Waals surface area contributed by atoms with Crippen LogP contribution in [0.3, 0.4) is 0 Å². The standard InChI is InChI=1S/C13H25N3O/c1-14-12(11-6-4-3-5-7-11)10-16-9-8-15(2)13(16)17/h11-12,14H,3-10H2,1-2H3. The average Bonchev–Trinajstić information content (AvgIpc) is 2.68. The van der Waals surface area contributed by atoms with E-state index in [4.69, 9.17) is 0 Å². The highest BCUT2D eigenvalue weighted by atomic mass is 16.2. The van der Waals surface area contributed by atoms with Gasteiger partial charge in [0.2, 0.25) is 0 Å². The summed E-state index contributed by atoms with van der Waals surface area (Å²) in [6.07, 6.45) is 6.75. The van der Waals surface area contributed by atoms with Gasteiger partial charge in [0.05, 0.1) is 0 Å². The maximum absolute atomic E-state index is 11.9. The fourth-order valence-electron chi connectivity index (χ4n) is 3.12. The molecule has 1 saturated heterocycles. The smallest absolute Gasteiger partial charge is 0.319 e. The number of carbonyl (C=O) groups excluding carboxylic acids is 1. The van der Waals surface area contributed by atoms with Gasteiger partial charge in [-0.05, 0) is 25.8 Å². The maximum atomic E-state index is 11.9. The van der Waals surface area contributed by atoms with E-state index >= 15 is 0 Å². The van der Waals surface area contributed by atoms with Crippen molar-refractivity contribution in [1.82, 2.24) is 15.1 Å². The first-order valence-corrected chi connectivity index (χ1v) is 6.89. The van der Waals surface area contributed by atoms with Gasteiger partial charge < -0.3 is 15.1 Å². The van der Waals surface area contributed by atoms with E-state index in [2.05, 4.69) is 5.32 Å². The summed E-state index contributed by atoms with van der Waals surface area (Å²) >= 11 is 0. The van der Waals surface area contributed by atoms with Gasteiger partial charge in [0.15, 0.2) is 0 Å². The van der Waals surface area contributed by atoms with Crippen molar-refractivity contribution in [3.63, 3.8) is 0 Å². The van der Waals surface area contributed by atoms with E-state index < -0.39 is 0 Å². The van der Waals surface area contributed by atoms with E-state index in [9.17, 15) is 4.79 Å². The molecule has 4 nitrogen and oxygen atoms in total. The molecule has 0 radical (unpaired) electrons. The van der Waals surface area contributed by atoms with Crippen LogP contribution in [0.5, 0.6) is 0 Å². The Morgan fingerprint density at radius 2 is 2.00 bits per heavy atom. The molecule has 4 heteroatoms. The number of nitrogens with one attached hydrogen (secondary N) is 1. The molecule has 1 aliphatic heterocycles. The van der Waals surface area contributed by atoms with Crippen molar-refractivity contribution in [1.29, 1.82) is 0 Å². The third-order valence-electron chi connectivity index (χ3n) is 4.31. The second-order valence-corrected chi connectivity index (χ2v) is 5.44. The molecule has 0 spiro atoms. The van der Waals surface area contributed by atoms with Crippen molar-refractivity contribution in [3.8, 4) is 0 Å². The largest absolute Gasteiger partial charge is 0.326 e. The molecule has 17 heavy (non-hydrogen) atoms. The molecule has 2 rings (SSSR count). The summed E-state index contributed by atoms with van der Waals surface area (Å²) in [6.45, 7) is 2.64. The topological polar surface area (TPSA) is 35.6 Å². The predicted molar refractivity (Wildman–Crippen MR) is 69.0 cm³/mol. The summed E-state index contributed by atoms with van der Waals surface area (Å²) in [5.41, 5.74) is 0. The van der Waals surface area contributed by atoms with Crippen LogP contribution in [-0.4, -0.2) is 55.6 Å². The molecule has 1 heterocycles. The average molecular weight is 239 g/mol. The first kappa shape index (κ1) is 12.7. The second-order valence-electron chi connectivity index (χ2n) is 5.44. The zero-order chi connectivity index (χ0) is 12.3. The Bertz CT molecular complexity index is 263. The number of nitrogens with zero attached hydrogens (tertiary/aromatic N) is 2. The van der Waals surface area contributed by atoms with Gasteiger partial charge in [0.1, 0.15) is 0 Å². The van der Waals surface area contributed by atoms with E-state index in [1.54, 1.807) is 0 Å². The highest BCUT2D eigenvalue weighted by molar-refractivity contribution is 5.76. The Morgan fingerprint density at radius 1 is 1.29 bits per heavy atom. The number of urea groups is 1. The Kier molecular flexibility index (Phi) is 4.26. The van der Waals surface area contributed by atoms with Gasteiger partial charge in [-0.25, -0.2) is 4.79 Å². The van der Waals surface area contributed by atoms with Crippen molar-refractivity contribution >= 4 is 6.03 Å². The molecule has 0 aromatic carbocycles. The SMILES string of the molecule is CNC(CN1CCN(C)C1=O)C1CCCCC1. The van der Waals surface area contributed by atoms with Crippen LogP contribution in [0, 0.1) is 5.92 Å². The first-order chi connectivity index (χ1) is 8.22. The van der Waals surface area contributed by atoms with E-state index in [0.717, 1.165) is 25.6 Å². The van der Waals surface area contributed by atoms with E-state index in [1.807, 2.05) is 23.9 Å². The molecule has 2 aliphatic rings. The molecule has 1 aliphatic carbocycles. The molecule has 0 aromatic heterocycles. The molecular formula is C13H25N3O. The number of carbonyl (C=O) groups is 1. The summed E-state index contributed by atoms with van der Waals surface area (Å²) < 4.78 is 0. The summed E-state index contributed by atoms with van der Waals surface area (Å²) in [5.74, 6) is 0.757. The molecule has 98 valence electrons. The van der Waals surface area contributed by atoms with Crippen LogP contribution < -0.4 is 5.32 Å². The molecule has 1 saturated carbocycles. The molecule has 0 aromatic rings. The second kappa shape index (κ2) is 5.71. The van der Waals surface area contributed by atoms with Crippen LogP contribution in [0.15, 0.2) is 0 Å². The van der Waals surface area contributed by atoms with Gasteiger partial charge in [-0.1, -0.05) is 19.3 Å². The zero-order valence-corrected chi connectivity index (χ0v) is 11.1. The minimum atomic E-state index is 0.195. The van der Waals surface area contributed by atoms with Gasteiger partial charge >= 0.3 is 6.03 Å². The fourth-order valence-corrected chi connectivity index (χ4v) is 3.12. The summed E-state index contributed by atoms with van der Waals surface area (Å²) in [6, 6.07) is 0.673. The van der Waals surface area contributed by atoms with E-state index in [1.165, 1.54) is 32.1 Å². The van der Waals surface area contributed by atoms with Gasteiger partial charge in [0, 0.05) is 32.7 Å². The van der Waals surface area contributed by atoms with Crippen LogP contribution >= 0.6 is 0 Å². The maximum Gasteiger partial charge on any atom is 0.319 e.